The summed E-state index contributed by atoms with van der Waals surface area (Å²) in [6.45, 7) is -0.567. The number of carbonyl (C=O) groups is 1. The summed E-state index contributed by atoms with van der Waals surface area (Å²) < 4.78 is 0. The lowest BCUT2D eigenvalue weighted by Crippen LogP contribution is -2.02. The zero-order chi connectivity index (χ0) is 9.14. The van der Waals surface area contributed by atoms with Crippen LogP contribution in [0.3, 0.4) is 0 Å². The highest BCUT2D eigenvalue weighted by molar-refractivity contribution is 6.33. The summed E-state index contributed by atoms with van der Waals surface area (Å²) in [7, 11) is 0. The number of hydrogen-bond acceptors (Lipinski definition) is 1. The van der Waals surface area contributed by atoms with Crippen LogP contribution in [0.4, 0.5) is 0 Å². The Hall–Kier alpha value is -1.06. The van der Waals surface area contributed by atoms with Crippen molar-refractivity contribution in [3.63, 3.8) is 0 Å². The molecule has 0 amide bonds. The number of rotatable bonds is 2. The number of carboxylic acids is 1. The van der Waals surface area contributed by atoms with Crippen LogP contribution in [0.2, 0.25) is 5.02 Å². The van der Waals surface area contributed by atoms with Gasteiger partial charge in [-0.1, -0.05) is 23.7 Å². The van der Waals surface area contributed by atoms with E-state index in [1.54, 1.807) is 6.07 Å². The topological polar surface area (TPSA) is 57.2 Å². The number of hydrogen-bond donors (Lipinski definition) is 1. The molecule has 1 aromatic rings. The van der Waals surface area contributed by atoms with E-state index < -0.39 is 12.6 Å². The predicted molar refractivity (Wildman–Crippen MR) is 42.8 cm³/mol. The summed E-state index contributed by atoms with van der Waals surface area (Å²) in [6, 6.07) is 4.47. The molecular formula is C8H6ClO3. The monoisotopic (exact) mass is 185 g/mol. The fraction of sp³-hybridized carbons (Fsp3) is 0.125. The number of carboxylic acid groups (broad SMARTS) is 1. The summed E-state index contributed by atoms with van der Waals surface area (Å²) >= 11 is 5.58. The first kappa shape index (κ1) is 9.03. The van der Waals surface area contributed by atoms with E-state index in [-0.39, 0.29) is 16.1 Å². The van der Waals surface area contributed by atoms with Crippen molar-refractivity contribution in [3.05, 3.63) is 34.3 Å². The minimum Gasteiger partial charge on any atom is -0.478 e. The fourth-order valence-corrected chi connectivity index (χ4v) is 1.20. The van der Waals surface area contributed by atoms with E-state index in [1.807, 2.05) is 0 Å². The van der Waals surface area contributed by atoms with Crippen LogP contribution in [0.25, 0.3) is 0 Å². The summed E-state index contributed by atoms with van der Waals surface area (Å²) in [6.07, 6.45) is 0. The molecule has 63 valence electrons. The smallest absolute Gasteiger partial charge is 0.337 e. The van der Waals surface area contributed by atoms with Gasteiger partial charge in [0.05, 0.1) is 10.6 Å². The molecule has 0 bridgehead atoms. The summed E-state index contributed by atoms with van der Waals surface area (Å²) in [5.74, 6) is -1.16. The van der Waals surface area contributed by atoms with Crippen LogP contribution in [-0.2, 0) is 11.7 Å². The molecule has 0 spiro atoms. The van der Waals surface area contributed by atoms with E-state index >= 15 is 0 Å². The second-order valence-corrected chi connectivity index (χ2v) is 2.63. The second kappa shape index (κ2) is 3.56. The first-order chi connectivity index (χ1) is 5.66. The molecule has 0 aromatic heterocycles. The Bertz CT molecular complexity index is 309. The molecule has 0 heterocycles. The molecule has 0 aliphatic rings. The maximum atomic E-state index is 10.6. The van der Waals surface area contributed by atoms with Gasteiger partial charge in [0.1, 0.15) is 6.61 Å². The fourth-order valence-electron chi connectivity index (χ4n) is 0.929. The SMILES string of the molecule is [O]Cc1cccc(Cl)c1C(=O)O. The minimum absolute atomic E-state index is 0.0887. The lowest BCUT2D eigenvalue weighted by molar-refractivity contribution is 0.0691. The number of benzene rings is 1. The van der Waals surface area contributed by atoms with Crippen molar-refractivity contribution in [2.45, 2.75) is 6.61 Å². The van der Waals surface area contributed by atoms with Crippen molar-refractivity contribution < 1.29 is 15.0 Å². The van der Waals surface area contributed by atoms with Crippen molar-refractivity contribution in [1.29, 1.82) is 0 Å². The van der Waals surface area contributed by atoms with Gasteiger partial charge in [0, 0.05) is 0 Å². The first-order valence-corrected chi connectivity index (χ1v) is 3.63. The zero-order valence-electron chi connectivity index (χ0n) is 6.08. The Labute approximate surface area is 74.2 Å². The molecule has 0 unspecified atom stereocenters. The predicted octanol–water partition coefficient (Wildman–Crippen LogP) is 1.97. The van der Waals surface area contributed by atoms with E-state index in [9.17, 15) is 9.90 Å². The van der Waals surface area contributed by atoms with Crippen molar-refractivity contribution in [1.82, 2.24) is 0 Å². The molecule has 0 fully saturated rings. The van der Waals surface area contributed by atoms with Gasteiger partial charge in [0.2, 0.25) is 0 Å². The molecule has 1 rings (SSSR count). The standard InChI is InChI=1S/C8H6ClO3/c9-6-3-1-2-5(4-10)7(6)8(11)12/h1-3H,4H2,(H,11,12). The molecule has 3 nitrogen and oxygen atoms in total. The average Bonchev–Trinajstić information content (AvgIpc) is 2.03. The van der Waals surface area contributed by atoms with Crippen LogP contribution in [0.15, 0.2) is 18.2 Å². The van der Waals surface area contributed by atoms with Gasteiger partial charge in [-0.25, -0.2) is 9.90 Å². The Morgan fingerprint density at radius 1 is 1.50 bits per heavy atom. The second-order valence-electron chi connectivity index (χ2n) is 2.22. The molecule has 1 N–H and O–H groups in total. The largest absolute Gasteiger partial charge is 0.478 e. The van der Waals surface area contributed by atoms with Gasteiger partial charge in [-0.2, -0.15) is 0 Å². The van der Waals surface area contributed by atoms with Gasteiger partial charge in [-0.3, -0.25) is 0 Å². The van der Waals surface area contributed by atoms with Crippen LogP contribution < -0.4 is 0 Å². The molecule has 0 aliphatic carbocycles. The molecule has 1 radical (unpaired) electrons. The third kappa shape index (κ3) is 1.57. The minimum atomic E-state index is -1.16. The molecule has 12 heavy (non-hydrogen) atoms. The van der Waals surface area contributed by atoms with E-state index in [0.29, 0.717) is 0 Å². The maximum absolute atomic E-state index is 10.6. The lowest BCUT2D eigenvalue weighted by Gasteiger charge is -2.02. The molecule has 1 aromatic carbocycles. The molecular weight excluding hydrogens is 180 g/mol. The summed E-state index contributed by atoms with van der Waals surface area (Å²) in [4.78, 5) is 10.6. The Balaban J connectivity index is 3.29. The van der Waals surface area contributed by atoms with Crippen molar-refractivity contribution >= 4 is 17.6 Å². The molecule has 0 saturated heterocycles. The van der Waals surface area contributed by atoms with Crippen molar-refractivity contribution in [2.24, 2.45) is 0 Å². The lowest BCUT2D eigenvalue weighted by atomic mass is 10.1. The summed E-state index contributed by atoms with van der Waals surface area (Å²) in [5, 5.41) is 19.2. The van der Waals surface area contributed by atoms with Crippen LogP contribution in [0, 0.1) is 0 Å². The van der Waals surface area contributed by atoms with Crippen LogP contribution in [0.1, 0.15) is 15.9 Å². The van der Waals surface area contributed by atoms with Gasteiger partial charge in [-0.15, -0.1) is 0 Å². The van der Waals surface area contributed by atoms with Crippen molar-refractivity contribution in [2.75, 3.05) is 0 Å². The third-order valence-electron chi connectivity index (χ3n) is 1.47. The van der Waals surface area contributed by atoms with Crippen LogP contribution in [0.5, 0.6) is 0 Å². The highest BCUT2D eigenvalue weighted by Gasteiger charge is 2.13. The molecule has 0 aliphatic heterocycles. The van der Waals surface area contributed by atoms with E-state index in [1.165, 1.54) is 12.1 Å². The number of halogens is 1. The third-order valence-corrected chi connectivity index (χ3v) is 1.78. The van der Waals surface area contributed by atoms with Crippen LogP contribution in [-0.4, -0.2) is 11.1 Å². The summed E-state index contributed by atoms with van der Waals surface area (Å²) in [5.41, 5.74) is 0.129. The van der Waals surface area contributed by atoms with Gasteiger partial charge in [0.15, 0.2) is 0 Å². The quantitative estimate of drug-likeness (QED) is 0.766. The van der Waals surface area contributed by atoms with Gasteiger partial charge in [-0.05, 0) is 11.6 Å². The number of aromatic carboxylic acids is 1. The molecule has 4 heteroatoms. The van der Waals surface area contributed by atoms with E-state index in [0.717, 1.165) is 0 Å². The maximum Gasteiger partial charge on any atom is 0.337 e. The Kier molecular flexibility index (Phi) is 2.68. The van der Waals surface area contributed by atoms with Gasteiger partial charge < -0.3 is 5.11 Å². The van der Waals surface area contributed by atoms with Crippen LogP contribution >= 0.6 is 11.6 Å². The molecule has 0 atom stereocenters. The Morgan fingerprint density at radius 2 is 2.17 bits per heavy atom. The van der Waals surface area contributed by atoms with Gasteiger partial charge in [0.25, 0.3) is 0 Å². The highest BCUT2D eigenvalue weighted by atomic mass is 35.5. The van der Waals surface area contributed by atoms with E-state index in [2.05, 4.69) is 0 Å². The van der Waals surface area contributed by atoms with Crippen molar-refractivity contribution in [3.8, 4) is 0 Å². The Morgan fingerprint density at radius 3 is 2.58 bits per heavy atom. The average molecular weight is 186 g/mol. The highest BCUT2D eigenvalue weighted by Crippen LogP contribution is 2.19. The molecule has 0 saturated carbocycles. The van der Waals surface area contributed by atoms with E-state index in [4.69, 9.17) is 16.7 Å². The zero-order valence-corrected chi connectivity index (χ0v) is 6.84. The normalized spacial score (nSPS) is 9.83. The first-order valence-electron chi connectivity index (χ1n) is 3.25. The van der Waals surface area contributed by atoms with Gasteiger partial charge >= 0.3 is 5.97 Å².